The van der Waals surface area contributed by atoms with Crippen molar-refractivity contribution in [1.29, 1.82) is 0 Å². The molecule has 144 valence electrons. The standard InChI is InChI=1S/C22H20O5S/c1-26-21-12-11-17(16-7-4-3-5-8-16)13-19(21)15-28(24,25)20-10-6-9-18(14-20)22(23)27-2/h3-14H,15H2,1-2H3. The highest BCUT2D eigenvalue weighted by atomic mass is 32.2. The van der Waals surface area contributed by atoms with Gasteiger partial charge in [0.1, 0.15) is 5.75 Å². The highest BCUT2D eigenvalue weighted by Gasteiger charge is 2.20. The highest BCUT2D eigenvalue weighted by Crippen LogP contribution is 2.29. The number of rotatable bonds is 6. The second-order valence-electron chi connectivity index (χ2n) is 6.17. The van der Waals surface area contributed by atoms with Gasteiger partial charge in [0.05, 0.1) is 30.4 Å². The van der Waals surface area contributed by atoms with E-state index in [9.17, 15) is 13.2 Å². The van der Waals surface area contributed by atoms with Gasteiger partial charge in [-0.05, 0) is 41.5 Å². The van der Waals surface area contributed by atoms with Gasteiger partial charge in [0.15, 0.2) is 9.84 Å². The number of carbonyl (C=O) groups excluding carboxylic acids is 1. The minimum absolute atomic E-state index is 0.0579. The molecule has 0 saturated carbocycles. The summed E-state index contributed by atoms with van der Waals surface area (Å²) in [6, 6.07) is 21.0. The summed E-state index contributed by atoms with van der Waals surface area (Å²) in [5, 5.41) is 0. The second-order valence-corrected chi connectivity index (χ2v) is 8.16. The lowest BCUT2D eigenvalue weighted by Gasteiger charge is -2.12. The molecule has 0 fully saturated rings. The molecule has 28 heavy (non-hydrogen) atoms. The van der Waals surface area contributed by atoms with Crippen LogP contribution in [0.5, 0.6) is 5.75 Å². The first-order valence-electron chi connectivity index (χ1n) is 8.58. The molecule has 3 aromatic rings. The van der Waals surface area contributed by atoms with E-state index in [0.717, 1.165) is 11.1 Å². The van der Waals surface area contributed by atoms with Gasteiger partial charge in [0.25, 0.3) is 0 Å². The Labute approximate surface area is 164 Å². The van der Waals surface area contributed by atoms with Gasteiger partial charge in [0, 0.05) is 5.56 Å². The molecule has 0 aromatic heterocycles. The molecule has 0 heterocycles. The van der Waals surface area contributed by atoms with E-state index in [4.69, 9.17) is 4.74 Å². The third-order valence-electron chi connectivity index (χ3n) is 4.35. The summed E-state index contributed by atoms with van der Waals surface area (Å²) >= 11 is 0. The third kappa shape index (κ3) is 4.23. The number of hydrogen-bond donors (Lipinski definition) is 0. The van der Waals surface area contributed by atoms with Crippen LogP contribution in [0.2, 0.25) is 0 Å². The van der Waals surface area contributed by atoms with Crippen LogP contribution >= 0.6 is 0 Å². The fourth-order valence-electron chi connectivity index (χ4n) is 2.92. The maximum absolute atomic E-state index is 13.0. The van der Waals surface area contributed by atoms with E-state index < -0.39 is 15.8 Å². The van der Waals surface area contributed by atoms with Gasteiger partial charge in [-0.3, -0.25) is 0 Å². The first kappa shape index (κ1) is 19.6. The number of methoxy groups -OCH3 is 2. The molecule has 3 rings (SSSR count). The summed E-state index contributed by atoms with van der Waals surface area (Å²) < 4.78 is 36.0. The van der Waals surface area contributed by atoms with Crippen LogP contribution in [0.25, 0.3) is 11.1 Å². The minimum Gasteiger partial charge on any atom is -0.496 e. The summed E-state index contributed by atoms with van der Waals surface area (Å²) in [5.74, 6) is -0.338. The fourth-order valence-corrected chi connectivity index (χ4v) is 4.32. The predicted molar refractivity (Wildman–Crippen MR) is 107 cm³/mol. The molecule has 0 aliphatic carbocycles. The highest BCUT2D eigenvalue weighted by molar-refractivity contribution is 7.90. The molecule has 0 radical (unpaired) electrons. The van der Waals surface area contributed by atoms with Gasteiger partial charge in [-0.2, -0.15) is 0 Å². The van der Waals surface area contributed by atoms with Gasteiger partial charge >= 0.3 is 5.97 Å². The SMILES string of the molecule is COC(=O)c1cccc(S(=O)(=O)Cc2cc(-c3ccccc3)ccc2OC)c1. The number of esters is 1. The van der Waals surface area contributed by atoms with Gasteiger partial charge in [-0.25, -0.2) is 13.2 Å². The Bertz CT molecular complexity index is 1090. The average molecular weight is 396 g/mol. The van der Waals surface area contributed by atoms with Gasteiger partial charge in [0.2, 0.25) is 0 Å². The van der Waals surface area contributed by atoms with E-state index >= 15 is 0 Å². The Balaban J connectivity index is 1.99. The van der Waals surface area contributed by atoms with Crippen LogP contribution in [0.4, 0.5) is 0 Å². The number of ether oxygens (including phenoxy) is 2. The molecule has 0 amide bonds. The van der Waals surface area contributed by atoms with Crippen molar-refractivity contribution in [2.24, 2.45) is 0 Å². The lowest BCUT2D eigenvalue weighted by molar-refractivity contribution is 0.0600. The number of sulfone groups is 1. The Morgan fingerprint density at radius 2 is 1.61 bits per heavy atom. The van der Waals surface area contributed by atoms with Gasteiger partial charge < -0.3 is 9.47 Å². The Morgan fingerprint density at radius 3 is 2.29 bits per heavy atom. The summed E-state index contributed by atoms with van der Waals surface area (Å²) in [5.41, 5.74) is 2.62. The van der Waals surface area contributed by atoms with E-state index in [1.807, 2.05) is 42.5 Å². The summed E-state index contributed by atoms with van der Waals surface area (Å²) in [7, 11) is -0.938. The minimum atomic E-state index is -3.70. The zero-order valence-corrected chi connectivity index (χ0v) is 16.4. The molecule has 0 aliphatic rings. The monoisotopic (exact) mass is 396 g/mol. The summed E-state index contributed by atoms with van der Waals surface area (Å²) in [4.78, 5) is 11.8. The lowest BCUT2D eigenvalue weighted by atomic mass is 10.0. The van der Waals surface area contributed by atoms with Gasteiger partial charge in [-0.1, -0.05) is 42.5 Å². The van der Waals surface area contributed by atoms with E-state index in [-0.39, 0.29) is 16.2 Å². The van der Waals surface area contributed by atoms with Crippen molar-refractivity contribution in [2.45, 2.75) is 10.6 Å². The summed E-state index contributed by atoms with van der Waals surface area (Å²) in [6.45, 7) is 0. The molecule has 0 aliphatic heterocycles. The predicted octanol–water partition coefficient (Wildman–Crippen LogP) is 4.12. The molecule has 0 N–H and O–H groups in total. The van der Waals surface area contributed by atoms with Crippen molar-refractivity contribution in [1.82, 2.24) is 0 Å². The third-order valence-corrected chi connectivity index (χ3v) is 6.01. The Morgan fingerprint density at radius 1 is 0.857 bits per heavy atom. The van der Waals surface area contributed by atoms with Crippen LogP contribution < -0.4 is 4.74 Å². The maximum atomic E-state index is 13.0. The van der Waals surface area contributed by atoms with E-state index in [1.165, 1.54) is 38.5 Å². The molecule has 0 saturated heterocycles. The first-order chi connectivity index (χ1) is 13.4. The van der Waals surface area contributed by atoms with Crippen molar-refractivity contribution >= 4 is 15.8 Å². The molecule has 3 aromatic carbocycles. The normalized spacial score (nSPS) is 11.1. The average Bonchev–Trinajstić information content (AvgIpc) is 2.73. The van der Waals surface area contributed by atoms with Crippen LogP contribution in [0, 0.1) is 0 Å². The van der Waals surface area contributed by atoms with Crippen LogP contribution in [0.3, 0.4) is 0 Å². The Hall–Kier alpha value is -3.12. The zero-order chi connectivity index (χ0) is 20.1. The van der Waals surface area contributed by atoms with Crippen molar-refractivity contribution in [2.75, 3.05) is 14.2 Å². The van der Waals surface area contributed by atoms with Gasteiger partial charge in [-0.15, -0.1) is 0 Å². The molecular formula is C22H20O5S. The van der Waals surface area contributed by atoms with Crippen molar-refractivity contribution in [3.05, 3.63) is 83.9 Å². The van der Waals surface area contributed by atoms with Crippen LogP contribution in [-0.4, -0.2) is 28.6 Å². The summed E-state index contributed by atoms with van der Waals surface area (Å²) in [6.07, 6.45) is 0. The van der Waals surface area contributed by atoms with Crippen LogP contribution in [0.1, 0.15) is 15.9 Å². The molecule has 0 unspecified atom stereocenters. The molecule has 5 nitrogen and oxygen atoms in total. The van der Waals surface area contributed by atoms with E-state index in [2.05, 4.69) is 4.74 Å². The second kappa shape index (κ2) is 8.27. The van der Waals surface area contributed by atoms with Crippen LogP contribution in [0.15, 0.2) is 77.7 Å². The van der Waals surface area contributed by atoms with Crippen molar-refractivity contribution in [3.8, 4) is 16.9 Å². The molecule has 0 spiro atoms. The van der Waals surface area contributed by atoms with E-state index in [1.54, 1.807) is 6.07 Å². The molecule has 0 bridgehead atoms. The van der Waals surface area contributed by atoms with Crippen molar-refractivity contribution in [3.63, 3.8) is 0 Å². The fraction of sp³-hybridized carbons (Fsp3) is 0.136. The first-order valence-corrected chi connectivity index (χ1v) is 10.2. The molecule has 6 heteroatoms. The lowest BCUT2D eigenvalue weighted by Crippen LogP contribution is -2.08. The van der Waals surface area contributed by atoms with Crippen molar-refractivity contribution < 1.29 is 22.7 Å². The topological polar surface area (TPSA) is 69.7 Å². The maximum Gasteiger partial charge on any atom is 0.337 e. The van der Waals surface area contributed by atoms with Crippen LogP contribution in [-0.2, 0) is 20.3 Å². The number of benzene rings is 3. The number of hydrogen-bond acceptors (Lipinski definition) is 5. The molecule has 0 atom stereocenters. The smallest absolute Gasteiger partial charge is 0.337 e. The molecular weight excluding hydrogens is 376 g/mol. The zero-order valence-electron chi connectivity index (χ0n) is 15.6. The quantitative estimate of drug-likeness (QED) is 0.586. The largest absolute Gasteiger partial charge is 0.496 e. The Kier molecular flexibility index (Phi) is 5.80. The number of carbonyl (C=O) groups is 1. The van der Waals surface area contributed by atoms with E-state index in [0.29, 0.717) is 11.3 Å².